The van der Waals surface area contributed by atoms with E-state index < -0.39 is 41.8 Å². The Morgan fingerprint density at radius 1 is 0.848 bits per heavy atom. The van der Waals surface area contributed by atoms with Crippen LogP contribution in [0.4, 0.5) is 32.3 Å². The van der Waals surface area contributed by atoms with E-state index in [-0.39, 0.29) is 77.3 Å². The Morgan fingerprint density at radius 3 is 2.24 bits per heavy atom. The van der Waals surface area contributed by atoms with Crippen molar-refractivity contribution in [1.82, 2.24) is 50.3 Å². The summed E-state index contributed by atoms with van der Waals surface area (Å²) in [6, 6.07) is 4.25. The van der Waals surface area contributed by atoms with Gasteiger partial charge < -0.3 is 40.3 Å². The quantitative estimate of drug-likeness (QED) is 0.157. The lowest BCUT2D eigenvalue weighted by Crippen LogP contribution is -2.60. The number of aromatic nitrogens is 5. The van der Waals surface area contributed by atoms with Crippen LogP contribution in [0.25, 0.3) is 11.4 Å². The number of imide groups is 2. The number of anilines is 4. The third-order valence-corrected chi connectivity index (χ3v) is 13.4. The molecule has 5 fully saturated rings. The number of likely N-dealkylation sites (tertiary alicyclic amines) is 1. The zero-order chi connectivity index (χ0) is 46.1. The lowest BCUT2D eigenvalue weighted by Gasteiger charge is -2.55. The second kappa shape index (κ2) is 18.8. The normalized spacial score (nSPS) is 21.1. The summed E-state index contributed by atoms with van der Waals surface area (Å²) in [5, 5.41) is 5.18. The van der Waals surface area contributed by atoms with Crippen molar-refractivity contribution < 1.29 is 42.3 Å². The fourth-order valence-electron chi connectivity index (χ4n) is 9.59. The number of nitrogens with one attached hydrogen (secondary N) is 2. The first-order chi connectivity index (χ1) is 31.8. The highest BCUT2D eigenvalue weighted by Gasteiger charge is 2.47. The van der Waals surface area contributed by atoms with Gasteiger partial charge in [0.15, 0.2) is 5.82 Å². The van der Waals surface area contributed by atoms with E-state index in [1.165, 1.54) is 6.20 Å². The number of alkyl halides is 2. The van der Waals surface area contributed by atoms with Crippen molar-refractivity contribution in [2.45, 2.75) is 57.4 Å². The van der Waals surface area contributed by atoms with Gasteiger partial charge in [-0.3, -0.25) is 39.0 Å². The van der Waals surface area contributed by atoms with E-state index in [0.29, 0.717) is 65.0 Å². The number of fused-ring (bicyclic) bond motifs is 1. The molecule has 66 heavy (non-hydrogen) atoms. The minimum atomic E-state index is -2.94. The molecule has 2 aromatic heterocycles. The molecule has 5 saturated heterocycles. The van der Waals surface area contributed by atoms with Crippen molar-refractivity contribution in [3.05, 3.63) is 41.2 Å². The van der Waals surface area contributed by atoms with Crippen LogP contribution in [0, 0.1) is 5.41 Å². The van der Waals surface area contributed by atoms with Gasteiger partial charge in [0.05, 0.1) is 29.9 Å². The van der Waals surface area contributed by atoms with Crippen LogP contribution in [0.15, 0.2) is 24.4 Å². The van der Waals surface area contributed by atoms with E-state index in [1.54, 1.807) is 17.0 Å². The molecule has 1 atom stereocenters. The predicted octanol–water partition coefficient (Wildman–Crippen LogP) is 0.624. The third kappa shape index (κ3) is 9.30. The molecule has 0 aliphatic carbocycles. The Kier molecular flexibility index (Phi) is 12.7. The molecule has 4 N–H and O–H groups in total. The molecular formula is C43H52F2N14O7. The summed E-state index contributed by atoms with van der Waals surface area (Å²) >= 11 is 0. The van der Waals surface area contributed by atoms with Gasteiger partial charge in [-0.2, -0.15) is 15.0 Å². The van der Waals surface area contributed by atoms with Gasteiger partial charge in [0, 0.05) is 95.5 Å². The molecule has 6 aliphatic rings. The maximum Gasteiger partial charge on any atom is 0.281 e. The highest BCUT2D eigenvalue weighted by atomic mass is 19.3. The highest BCUT2D eigenvalue weighted by molar-refractivity contribution is 6.23. The Balaban J connectivity index is 0.683. The summed E-state index contributed by atoms with van der Waals surface area (Å²) in [5.74, 6) is -2.09. The summed E-state index contributed by atoms with van der Waals surface area (Å²) < 4.78 is 33.5. The van der Waals surface area contributed by atoms with Gasteiger partial charge in [-0.1, -0.05) is 0 Å². The van der Waals surface area contributed by atoms with Crippen molar-refractivity contribution in [3.8, 4) is 11.4 Å². The molecule has 1 spiro atoms. The predicted molar refractivity (Wildman–Crippen MR) is 232 cm³/mol. The van der Waals surface area contributed by atoms with Gasteiger partial charge in [-0.05, 0) is 63.5 Å². The number of nitrogens with zero attached hydrogens (tertiary/aromatic N) is 11. The van der Waals surface area contributed by atoms with E-state index in [2.05, 4.69) is 45.4 Å². The van der Waals surface area contributed by atoms with Crippen molar-refractivity contribution in [2.75, 3.05) is 112 Å². The number of nitrogen functional groups attached to an aromatic ring is 1. The number of piperidine rings is 2. The monoisotopic (exact) mass is 914 g/mol. The molecule has 0 bridgehead atoms. The number of piperazine rings is 1. The van der Waals surface area contributed by atoms with Gasteiger partial charge in [-0.15, -0.1) is 0 Å². The number of halogens is 2. The van der Waals surface area contributed by atoms with Gasteiger partial charge in [0.25, 0.3) is 18.2 Å². The topological polar surface area (TPSA) is 246 Å². The van der Waals surface area contributed by atoms with Crippen LogP contribution in [0.2, 0.25) is 0 Å². The molecule has 6 aliphatic heterocycles. The minimum absolute atomic E-state index is 0.00819. The molecule has 8 heterocycles. The lowest BCUT2D eigenvalue weighted by atomic mass is 9.71. The lowest BCUT2D eigenvalue weighted by molar-refractivity contribution is -0.136. The molecule has 3 aromatic rings. The first-order valence-corrected chi connectivity index (χ1v) is 22.5. The summed E-state index contributed by atoms with van der Waals surface area (Å²) in [4.78, 5) is 109. The number of carbonyl (C=O) groups is 6. The second-order valence-electron chi connectivity index (χ2n) is 17.6. The largest absolute Gasteiger partial charge is 0.378 e. The average molecular weight is 915 g/mol. The molecule has 6 amide bonds. The molecule has 23 heteroatoms. The van der Waals surface area contributed by atoms with E-state index in [1.807, 2.05) is 15.9 Å². The Morgan fingerprint density at radius 2 is 1.55 bits per heavy atom. The first kappa shape index (κ1) is 44.7. The standard InChI is InChI=1S/C43H52F2N14O7/c44-35(45)34-29(23-48-40(46)50-34)36-51-41(53-42(52-36)57-18-20-66-21-19-57)56-16-14-55(15-17-56)33(62)7-6-31(60)47-10-1-11-54-12-8-43(9-13-54)24-58(25-43)26-2-3-27-28(22-26)39(65)59(38(27)64)30-4-5-32(61)49-37(30)63/h2-3,22-23,30,35H,1,4-21,24-25H2,(H,47,60)(H2,46,48,50)(H,49,61,63). The van der Waals surface area contributed by atoms with Gasteiger partial charge >= 0.3 is 0 Å². The summed E-state index contributed by atoms with van der Waals surface area (Å²) in [5.41, 5.74) is 6.56. The Labute approximate surface area is 378 Å². The van der Waals surface area contributed by atoms with Crippen molar-refractivity contribution in [1.29, 1.82) is 0 Å². The zero-order valence-corrected chi connectivity index (χ0v) is 36.4. The molecule has 1 aromatic carbocycles. The summed E-state index contributed by atoms with van der Waals surface area (Å²) in [6.07, 6.45) is 1.40. The molecule has 1 unspecified atom stereocenters. The minimum Gasteiger partial charge on any atom is -0.378 e. The second-order valence-corrected chi connectivity index (χ2v) is 17.6. The van der Waals surface area contributed by atoms with Crippen LogP contribution >= 0.6 is 0 Å². The van der Waals surface area contributed by atoms with E-state index in [9.17, 15) is 37.5 Å². The highest BCUT2D eigenvalue weighted by Crippen LogP contribution is 2.43. The van der Waals surface area contributed by atoms with Crippen LogP contribution in [0.3, 0.4) is 0 Å². The maximum absolute atomic E-state index is 14.0. The molecule has 21 nitrogen and oxygen atoms in total. The zero-order valence-electron chi connectivity index (χ0n) is 36.4. The van der Waals surface area contributed by atoms with Crippen molar-refractivity contribution in [2.24, 2.45) is 5.41 Å². The number of rotatable bonds is 13. The molecule has 350 valence electrons. The average Bonchev–Trinajstić information content (AvgIpc) is 3.56. The van der Waals surface area contributed by atoms with Crippen LogP contribution in [-0.2, 0) is 23.9 Å². The van der Waals surface area contributed by atoms with Crippen LogP contribution in [-0.4, -0.2) is 173 Å². The molecule has 9 rings (SSSR count). The smallest absolute Gasteiger partial charge is 0.281 e. The molecule has 0 radical (unpaired) electrons. The van der Waals surface area contributed by atoms with Crippen LogP contribution < -0.4 is 31.1 Å². The number of hydrogen-bond donors (Lipinski definition) is 3. The number of nitrogens with two attached hydrogens (primary N) is 1. The van der Waals surface area contributed by atoms with Gasteiger partial charge in [0.2, 0.25) is 41.5 Å². The number of benzene rings is 1. The fraction of sp³-hybridized carbons (Fsp3) is 0.558. The van der Waals surface area contributed by atoms with Crippen LogP contribution in [0.5, 0.6) is 0 Å². The number of hydrogen-bond acceptors (Lipinski definition) is 17. The van der Waals surface area contributed by atoms with E-state index in [4.69, 9.17) is 10.5 Å². The third-order valence-electron chi connectivity index (χ3n) is 13.4. The first-order valence-electron chi connectivity index (χ1n) is 22.5. The molecule has 0 saturated carbocycles. The Bertz CT molecular complexity index is 2400. The number of carbonyl (C=O) groups excluding carboxylic acids is 6. The SMILES string of the molecule is Nc1ncc(-c2nc(N3CCOCC3)nc(N3CCN(C(=O)CCC(=O)NCCCN4CCC5(CC4)CN(c4ccc6c(c4)C(=O)N(C4CCC(=O)NC4=O)C6=O)C5)CC3)n2)c(C(F)F)n1. The van der Waals surface area contributed by atoms with Gasteiger partial charge in [0.1, 0.15) is 11.7 Å². The maximum atomic E-state index is 14.0. The summed E-state index contributed by atoms with van der Waals surface area (Å²) in [7, 11) is 0. The number of ether oxygens (including phenoxy) is 1. The van der Waals surface area contributed by atoms with Crippen molar-refractivity contribution >= 4 is 59.0 Å². The number of morpholine rings is 1. The van der Waals surface area contributed by atoms with E-state index >= 15 is 0 Å². The van der Waals surface area contributed by atoms with Crippen LogP contribution in [0.1, 0.15) is 77.8 Å². The Hall–Kier alpha value is -6.49. The van der Waals surface area contributed by atoms with E-state index in [0.717, 1.165) is 62.6 Å². The number of amides is 6. The fourth-order valence-corrected chi connectivity index (χ4v) is 9.59. The summed E-state index contributed by atoms with van der Waals surface area (Å²) in [6.45, 7) is 8.31. The molecular weight excluding hydrogens is 863 g/mol. The van der Waals surface area contributed by atoms with Gasteiger partial charge in [-0.25, -0.2) is 18.7 Å². The van der Waals surface area contributed by atoms with Crippen molar-refractivity contribution in [3.63, 3.8) is 0 Å².